The first kappa shape index (κ1) is 39.6. The predicted octanol–water partition coefficient (Wildman–Crippen LogP) is -2.42. The summed E-state index contributed by atoms with van der Waals surface area (Å²) in [5.74, 6) is 0. The molecule has 0 aliphatic carbocycles. The molecule has 0 aliphatic rings. The fourth-order valence-corrected chi connectivity index (χ4v) is 0. The summed E-state index contributed by atoms with van der Waals surface area (Å²) in [7, 11) is 1.00. The van der Waals surface area contributed by atoms with Crippen molar-refractivity contribution in [3.05, 3.63) is 0 Å². The molecule has 1 radical (unpaired) electrons. The van der Waals surface area contributed by atoms with Crippen LogP contribution in [-0.4, -0.2) is 52.7 Å². The Kier molecular flexibility index (Phi) is 752. The van der Waals surface area contributed by atoms with Gasteiger partial charge in [-0.05, 0) is 0 Å². The van der Waals surface area contributed by atoms with Gasteiger partial charge >= 0.3 is 0 Å². The van der Waals surface area contributed by atoms with Crippen LogP contribution < -0.4 is 0 Å². The zero-order valence-electron chi connectivity index (χ0n) is 3.45. The molecule has 4 heteroatoms. The van der Waals surface area contributed by atoms with E-state index in [0.717, 1.165) is 7.11 Å². The van der Waals surface area contributed by atoms with E-state index < -0.39 is 0 Å². The Labute approximate surface area is 52.9 Å². The molecule has 5 N–H and O–H groups in total. The molecule has 0 rings (SSSR count). The van der Waals surface area contributed by atoms with E-state index in [1.165, 1.54) is 0 Å². The molecule has 0 bridgehead atoms. The molecule has 0 heterocycles. The van der Waals surface area contributed by atoms with Crippen LogP contribution >= 0.6 is 0 Å². The van der Waals surface area contributed by atoms with Crippen molar-refractivity contribution < 1.29 is 16.1 Å². The number of hydrogen-bond acceptors (Lipinski definition) is 1. The summed E-state index contributed by atoms with van der Waals surface area (Å²) >= 11 is 0. The second-order valence-corrected chi connectivity index (χ2v) is 0. The number of aliphatic hydroxyl groups excluding tert-OH is 1. The van der Waals surface area contributed by atoms with Gasteiger partial charge in [-0.2, -0.15) is 0 Å². The zero-order valence-corrected chi connectivity index (χ0v) is 5.45. The van der Waals surface area contributed by atoms with Gasteiger partial charge in [-0.25, -0.2) is 0 Å². The minimum atomic E-state index is 0. The van der Waals surface area contributed by atoms with E-state index in [1.807, 2.05) is 0 Å². The quantitative estimate of drug-likeness (QED) is 0.330. The maximum Gasteiger partial charge on any atom is 0.0319 e. The van der Waals surface area contributed by atoms with Crippen LogP contribution in [0.5, 0.6) is 0 Å². The summed E-state index contributed by atoms with van der Waals surface area (Å²) in [6, 6.07) is 0. The largest absolute Gasteiger partial charge is 0.412 e. The first-order valence-electron chi connectivity index (χ1n) is 0.447. The van der Waals surface area contributed by atoms with Crippen LogP contribution in [0.15, 0.2) is 0 Å². The van der Waals surface area contributed by atoms with Crippen LogP contribution in [0.2, 0.25) is 0 Å². The fraction of sp³-hybridized carbons (Fsp3) is 1.00. The van der Waals surface area contributed by atoms with Gasteiger partial charge in [0.15, 0.2) is 0 Å². The third-order valence-electron chi connectivity index (χ3n) is 0. The number of hydrogen-bond donors (Lipinski definition) is 1. The average molecular weight is 91.1 g/mol. The molecular formula is CH8NaO3. The Hall–Kier alpha value is 0.880. The Morgan fingerprint density at radius 3 is 1.00 bits per heavy atom. The maximum absolute atomic E-state index is 7.00. The zero-order chi connectivity index (χ0) is 2.00. The van der Waals surface area contributed by atoms with Gasteiger partial charge in [0.25, 0.3) is 0 Å². The van der Waals surface area contributed by atoms with Crippen LogP contribution in [-0.2, 0) is 0 Å². The molecule has 0 saturated carbocycles. The minimum Gasteiger partial charge on any atom is -0.412 e. The third kappa shape index (κ3) is 52.3. The smallest absolute Gasteiger partial charge is 0.0319 e. The molecule has 0 saturated heterocycles. The summed E-state index contributed by atoms with van der Waals surface area (Å²) < 4.78 is 0. The van der Waals surface area contributed by atoms with Gasteiger partial charge < -0.3 is 16.1 Å². The van der Waals surface area contributed by atoms with E-state index in [-0.39, 0.29) is 40.5 Å². The van der Waals surface area contributed by atoms with Gasteiger partial charge in [0.05, 0.1) is 0 Å². The molecule has 0 atom stereocenters. The second-order valence-electron chi connectivity index (χ2n) is 0. The van der Waals surface area contributed by atoms with Crippen molar-refractivity contribution in [3.8, 4) is 0 Å². The predicted molar refractivity (Wildman–Crippen MR) is 21.1 cm³/mol. The summed E-state index contributed by atoms with van der Waals surface area (Å²) in [6.07, 6.45) is 0. The minimum absolute atomic E-state index is 0. The van der Waals surface area contributed by atoms with Gasteiger partial charge in [0, 0.05) is 36.7 Å². The molecule has 0 spiro atoms. The second kappa shape index (κ2) is 94.9. The van der Waals surface area contributed by atoms with Crippen molar-refractivity contribution in [2.75, 3.05) is 7.11 Å². The Morgan fingerprint density at radius 1 is 1.00 bits per heavy atom. The first-order valence-corrected chi connectivity index (χ1v) is 0.447. The SMILES string of the molecule is CO.O.O.[Na]. The van der Waals surface area contributed by atoms with Gasteiger partial charge in [-0.1, -0.05) is 0 Å². The maximum atomic E-state index is 7.00. The van der Waals surface area contributed by atoms with Gasteiger partial charge in [-0.3, -0.25) is 0 Å². The van der Waals surface area contributed by atoms with E-state index in [9.17, 15) is 0 Å². The van der Waals surface area contributed by atoms with Crippen LogP contribution in [0, 0.1) is 0 Å². The molecule has 0 amide bonds. The molecule has 0 fully saturated rings. The van der Waals surface area contributed by atoms with Crippen LogP contribution in [0.4, 0.5) is 0 Å². The van der Waals surface area contributed by atoms with Crippen molar-refractivity contribution in [2.24, 2.45) is 0 Å². The molecule has 0 aliphatic heterocycles. The topological polar surface area (TPSA) is 83.2 Å². The standard InChI is InChI=1S/CH4O.Na.2H2O/c1-2;;;/h2H,1H3;;2*1H2. The molecular weight excluding hydrogens is 83.0 g/mol. The Balaban J connectivity index is -0.00000000167. The summed E-state index contributed by atoms with van der Waals surface area (Å²) in [5.41, 5.74) is 0. The summed E-state index contributed by atoms with van der Waals surface area (Å²) in [5, 5.41) is 7.00. The molecule has 0 unspecified atom stereocenters. The average Bonchev–Trinajstić information content (AvgIpc) is 1.00. The van der Waals surface area contributed by atoms with Crippen LogP contribution in [0.3, 0.4) is 0 Å². The van der Waals surface area contributed by atoms with Crippen molar-refractivity contribution >= 4 is 29.6 Å². The molecule has 0 aromatic carbocycles. The molecule has 5 heavy (non-hydrogen) atoms. The van der Waals surface area contributed by atoms with Crippen molar-refractivity contribution in [1.82, 2.24) is 0 Å². The number of aliphatic hydroxyl groups is 1. The molecule has 31 valence electrons. The van der Waals surface area contributed by atoms with Crippen LogP contribution in [0.1, 0.15) is 0 Å². The van der Waals surface area contributed by atoms with Crippen molar-refractivity contribution in [1.29, 1.82) is 0 Å². The summed E-state index contributed by atoms with van der Waals surface area (Å²) in [4.78, 5) is 0. The van der Waals surface area contributed by atoms with E-state index in [0.29, 0.717) is 0 Å². The van der Waals surface area contributed by atoms with Gasteiger partial charge in [-0.15, -0.1) is 0 Å². The summed E-state index contributed by atoms with van der Waals surface area (Å²) in [6.45, 7) is 0. The third-order valence-corrected chi connectivity index (χ3v) is 0. The van der Waals surface area contributed by atoms with Gasteiger partial charge in [0.2, 0.25) is 0 Å². The molecule has 3 nitrogen and oxygen atoms in total. The van der Waals surface area contributed by atoms with E-state index >= 15 is 0 Å². The normalized spacial score (nSPS) is 1.20. The van der Waals surface area contributed by atoms with Crippen LogP contribution in [0.25, 0.3) is 0 Å². The van der Waals surface area contributed by atoms with Gasteiger partial charge in [0.1, 0.15) is 0 Å². The monoisotopic (exact) mass is 91.0 g/mol. The van der Waals surface area contributed by atoms with E-state index in [1.54, 1.807) is 0 Å². The van der Waals surface area contributed by atoms with E-state index in [4.69, 9.17) is 5.11 Å². The fourth-order valence-electron chi connectivity index (χ4n) is 0. The van der Waals surface area contributed by atoms with E-state index in [2.05, 4.69) is 0 Å². The number of rotatable bonds is 0. The molecule has 0 aromatic heterocycles. The van der Waals surface area contributed by atoms with Crippen molar-refractivity contribution in [3.63, 3.8) is 0 Å². The first-order chi connectivity index (χ1) is 1.00. The molecule has 0 aromatic rings. The van der Waals surface area contributed by atoms with Crippen molar-refractivity contribution in [2.45, 2.75) is 0 Å². The Bertz CT molecular complexity index is 6.85. The Morgan fingerprint density at radius 2 is 1.00 bits per heavy atom.